The summed E-state index contributed by atoms with van der Waals surface area (Å²) in [4.78, 5) is 13.7. The Kier molecular flexibility index (Phi) is 4.78. The van der Waals surface area contributed by atoms with E-state index in [1.165, 1.54) is 0 Å². The normalized spacial score (nSPS) is 12.1. The summed E-state index contributed by atoms with van der Waals surface area (Å²) < 4.78 is 0. The van der Waals surface area contributed by atoms with Gasteiger partial charge in [-0.15, -0.1) is 0 Å². The number of halogens is 1. The van der Waals surface area contributed by atoms with Crippen LogP contribution in [0.5, 0.6) is 0 Å². The van der Waals surface area contributed by atoms with Crippen molar-refractivity contribution in [2.75, 3.05) is 31.4 Å². The summed E-state index contributed by atoms with van der Waals surface area (Å²) in [6.07, 6.45) is 0. The van der Waals surface area contributed by atoms with Crippen LogP contribution in [0.2, 0.25) is 5.02 Å². The summed E-state index contributed by atoms with van der Waals surface area (Å²) >= 11 is 5.93. The van der Waals surface area contributed by atoms with E-state index in [1.54, 1.807) is 26.1 Å². The minimum absolute atomic E-state index is 0.0853. The van der Waals surface area contributed by atoms with E-state index in [9.17, 15) is 4.79 Å². The lowest BCUT2D eigenvalue weighted by molar-refractivity contribution is -0.117. The maximum absolute atomic E-state index is 11.8. The topological polar surface area (TPSA) is 44.4 Å². The van der Waals surface area contributed by atoms with Crippen LogP contribution >= 0.6 is 11.6 Å². The Hall–Kier alpha value is -1.26. The maximum atomic E-state index is 11.8. The first-order chi connectivity index (χ1) is 7.95. The number of rotatable bonds is 4. The third-order valence-corrected chi connectivity index (χ3v) is 2.76. The highest BCUT2D eigenvalue weighted by atomic mass is 35.5. The molecule has 0 aliphatic carbocycles. The highest BCUT2D eigenvalue weighted by Gasteiger charge is 2.13. The highest BCUT2D eigenvalue weighted by Crippen LogP contribution is 2.27. The standard InChI is InChI=1S/C12H18ClN3O/c1-8(14-2)12(17)15-10-7-9(13)5-6-11(10)16(3)4/h5-8,14H,1-4H3,(H,15,17). The van der Waals surface area contributed by atoms with E-state index in [-0.39, 0.29) is 11.9 Å². The van der Waals surface area contributed by atoms with Crippen molar-refractivity contribution in [2.45, 2.75) is 13.0 Å². The molecule has 17 heavy (non-hydrogen) atoms. The Balaban J connectivity index is 2.96. The molecule has 1 unspecified atom stereocenters. The lowest BCUT2D eigenvalue weighted by atomic mass is 10.2. The Labute approximate surface area is 107 Å². The number of hydrogen-bond acceptors (Lipinski definition) is 3. The van der Waals surface area contributed by atoms with Gasteiger partial charge in [-0.05, 0) is 32.2 Å². The second kappa shape index (κ2) is 5.89. The van der Waals surface area contributed by atoms with Crippen molar-refractivity contribution in [3.8, 4) is 0 Å². The molecule has 1 rings (SSSR count). The van der Waals surface area contributed by atoms with Gasteiger partial charge in [-0.3, -0.25) is 4.79 Å². The van der Waals surface area contributed by atoms with Gasteiger partial charge < -0.3 is 15.5 Å². The van der Waals surface area contributed by atoms with Crippen molar-refractivity contribution in [1.29, 1.82) is 0 Å². The van der Waals surface area contributed by atoms with E-state index in [1.807, 2.05) is 25.1 Å². The smallest absolute Gasteiger partial charge is 0.241 e. The Morgan fingerprint density at radius 1 is 1.41 bits per heavy atom. The highest BCUT2D eigenvalue weighted by molar-refractivity contribution is 6.31. The number of anilines is 2. The van der Waals surface area contributed by atoms with Crippen LogP contribution < -0.4 is 15.5 Å². The maximum Gasteiger partial charge on any atom is 0.241 e. The van der Waals surface area contributed by atoms with Crippen LogP contribution in [0.15, 0.2) is 18.2 Å². The number of nitrogens with zero attached hydrogens (tertiary/aromatic N) is 1. The average Bonchev–Trinajstić information content (AvgIpc) is 2.27. The van der Waals surface area contributed by atoms with Gasteiger partial charge in [0.15, 0.2) is 0 Å². The third-order valence-electron chi connectivity index (χ3n) is 2.52. The quantitative estimate of drug-likeness (QED) is 0.865. The summed E-state index contributed by atoms with van der Waals surface area (Å²) in [5, 5.41) is 6.35. The molecule has 4 nitrogen and oxygen atoms in total. The van der Waals surface area contributed by atoms with Crippen molar-refractivity contribution in [2.24, 2.45) is 0 Å². The molecule has 0 aliphatic heterocycles. The van der Waals surface area contributed by atoms with Crippen molar-refractivity contribution >= 4 is 28.9 Å². The summed E-state index contributed by atoms with van der Waals surface area (Å²) in [5.74, 6) is -0.0853. The molecule has 0 heterocycles. The first-order valence-corrected chi connectivity index (χ1v) is 5.78. The summed E-state index contributed by atoms with van der Waals surface area (Å²) in [6, 6.07) is 5.18. The zero-order chi connectivity index (χ0) is 13.0. The zero-order valence-corrected chi connectivity index (χ0v) is 11.3. The van der Waals surface area contributed by atoms with Crippen LogP contribution in [0.4, 0.5) is 11.4 Å². The molecule has 2 N–H and O–H groups in total. The van der Waals surface area contributed by atoms with Gasteiger partial charge in [0.25, 0.3) is 0 Å². The largest absolute Gasteiger partial charge is 0.376 e. The second-order valence-corrected chi connectivity index (χ2v) is 4.49. The van der Waals surface area contributed by atoms with Crippen LogP contribution in [0.3, 0.4) is 0 Å². The fraction of sp³-hybridized carbons (Fsp3) is 0.417. The van der Waals surface area contributed by atoms with Crippen LogP contribution in [-0.4, -0.2) is 33.1 Å². The van der Waals surface area contributed by atoms with Crippen molar-refractivity contribution in [1.82, 2.24) is 5.32 Å². The molecule has 94 valence electrons. The van der Waals surface area contributed by atoms with Crippen molar-refractivity contribution in [3.05, 3.63) is 23.2 Å². The SMILES string of the molecule is CNC(C)C(=O)Nc1cc(Cl)ccc1N(C)C. The third kappa shape index (κ3) is 3.61. The van der Waals surface area contributed by atoms with Crippen LogP contribution in [0, 0.1) is 0 Å². The van der Waals surface area contributed by atoms with Gasteiger partial charge in [0.05, 0.1) is 17.4 Å². The van der Waals surface area contributed by atoms with Gasteiger partial charge >= 0.3 is 0 Å². The van der Waals surface area contributed by atoms with Gasteiger partial charge in [0.1, 0.15) is 0 Å². The molecular weight excluding hydrogens is 238 g/mol. The fourth-order valence-electron chi connectivity index (χ4n) is 1.37. The Morgan fingerprint density at radius 3 is 2.59 bits per heavy atom. The first-order valence-electron chi connectivity index (χ1n) is 5.40. The first kappa shape index (κ1) is 13.8. The number of carbonyl (C=O) groups is 1. The second-order valence-electron chi connectivity index (χ2n) is 4.06. The molecule has 0 bridgehead atoms. The van der Waals surface area contributed by atoms with Crippen molar-refractivity contribution < 1.29 is 4.79 Å². The van der Waals surface area contributed by atoms with E-state index < -0.39 is 0 Å². The minimum atomic E-state index is -0.246. The number of carbonyl (C=O) groups excluding carboxylic acids is 1. The molecule has 5 heteroatoms. The zero-order valence-electron chi connectivity index (χ0n) is 10.5. The van der Waals surface area contributed by atoms with E-state index >= 15 is 0 Å². The number of likely N-dealkylation sites (N-methyl/N-ethyl adjacent to an activating group) is 1. The van der Waals surface area contributed by atoms with E-state index in [0.29, 0.717) is 5.02 Å². The van der Waals surface area contributed by atoms with Crippen molar-refractivity contribution in [3.63, 3.8) is 0 Å². The Bertz CT molecular complexity index is 407. The molecule has 0 spiro atoms. The minimum Gasteiger partial charge on any atom is -0.376 e. The summed E-state index contributed by atoms with van der Waals surface area (Å²) in [6.45, 7) is 1.80. The number of nitrogens with one attached hydrogen (secondary N) is 2. The molecule has 0 aromatic heterocycles. The fourth-order valence-corrected chi connectivity index (χ4v) is 1.54. The van der Waals surface area contributed by atoms with Crippen LogP contribution in [0.25, 0.3) is 0 Å². The number of hydrogen-bond donors (Lipinski definition) is 2. The molecule has 1 atom stereocenters. The summed E-state index contributed by atoms with van der Waals surface area (Å²) in [5.41, 5.74) is 1.64. The van der Waals surface area contributed by atoms with E-state index in [0.717, 1.165) is 11.4 Å². The molecule has 0 aliphatic rings. The average molecular weight is 256 g/mol. The van der Waals surface area contributed by atoms with Gasteiger partial charge in [-0.1, -0.05) is 11.6 Å². The van der Waals surface area contributed by atoms with E-state index in [4.69, 9.17) is 11.6 Å². The number of amides is 1. The molecule has 1 aromatic rings. The van der Waals surface area contributed by atoms with Gasteiger partial charge in [-0.2, -0.15) is 0 Å². The van der Waals surface area contributed by atoms with Gasteiger partial charge in [0.2, 0.25) is 5.91 Å². The molecule has 1 amide bonds. The molecule has 1 aromatic carbocycles. The van der Waals surface area contributed by atoms with Crippen LogP contribution in [0.1, 0.15) is 6.92 Å². The predicted molar refractivity (Wildman–Crippen MR) is 72.9 cm³/mol. The summed E-state index contributed by atoms with van der Waals surface area (Å²) in [7, 11) is 5.58. The molecule has 0 fully saturated rings. The molecular formula is C12H18ClN3O. The lowest BCUT2D eigenvalue weighted by Gasteiger charge is -2.19. The van der Waals surface area contributed by atoms with Gasteiger partial charge in [0, 0.05) is 19.1 Å². The molecule has 0 saturated heterocycles. The Morgan fingerprint density at radius 2 is 2.06 bits per heavy atom. The molecule has 0 saturated carbocycles. The van der Waals surface area contributed by atoms with Crippen LogP contribution in [-0.2, 0) is 4.79 Å². The van der Waals surface area contributed by atoms with Gasteiger partial charge in [-0.25, -0.2) is 0 Å². The molecule has 0 radical (unpaired) electrons. The number of benzene rings is 1. The lowest BCUT2D eigenvalue weighted by Crippen LogP contribution is -2.35. The predicted octanol–water partition coefficient (Wildman–Crippen LogP) is 1.95. The van der Waals surface area contributed by atoms with E-state index in [2.05, 4.69) is 10.6 Å². The monoisotopic (exact) mass is 255 g/mol.